The molecule has 2 aromatic carbocycles. The van der Waals surface area contributed by atoms with E-state index < -0.39 is 0 Å². The highest BCUT2D eigenvalue weighted by atomic mass is 35.5. The van der Waals surface area contributed by atoms with Crippen molar-refractivity contribution in [3.63, 3.8) is 0 Å². The largest absolute Gasteiger partial charge is 0.351 e. The molecule has 0 radical (unpaired) electrons. The fourth-order valence-corrected chi connectivity index (χ4v) is 4.77. The molecule has 0 bridgehead atoms. The second-order valence-corrected chi connectivity index (χ2v) is 8.38. The van der Waals surface area contributed by atoms with Gasteiger partial charge in [-0.3, -0.25) is 9.59 Å². The number of halogens is 1. The first kappa shape index (κ1) is 19.0. The molecule has 0 unspecified atom stereocenters. The molecule has 1 N–H and O–H groups in total. The lowest BCUT2D eigenvalue weighted by atomic mass is 9.79. The predicted molar refractivity (Wildman–Crippen MR) is 112 cm³/mol. The van der Waals surface area contributed by atoms with Crippen molar-refractivity contribution < 1.29 is 9.59 Å². The maximum atomic E-state index is 12.8. The Morgan fingerprint density at radius 2 is 1.82 bits per heavy atom. The smallest absolute Gasteiger partial charge is 0.251 e. The van der Waals surface area contributed by atoms with Gasteiger partial charge in [0.25, 0.3) is 5.91 Å². The summed E-state index contributed by atoms with van der Waals surface area (Å²) < 4.78 is 0. The first-order valence-corrected chi connectivity index (χ1v) is 10.3. The molecule has 1 saturated carbocycles. The quantitative estimate of drug-likeness (QED) is 0.827. The predicted octanol–water partition coefficient (Wildman–Crippen LogP) is 4.49. The molecular formula is C23H25ClN2O2. The van der Waals surface area contributed by atoms with Gasteiger partial charge in [-0.1, -0.05) is 36.6 Å². The number of nitrogens with one attached hydrogen (secondary N) is 1. The zero-order valence-electron chi connectivity index (χ0n) is 16.1. The number of hydrogen-bond acceptors (Lipinski definition) is 2. The molecule has 1 heterocycles. The SMILES string of the molecule is CC(=O)N1CCc2cc(C(=O)NCC3(c4ccc(Cl)cc4)CCCC3)ccc21. The van der Waals surface area contributed by atoms with Gasteiger partial charge in [-0.15, -0.1) is 0 Å². The fourth-order valence-electron chi connectivity index (χ4n) is 4.64. The maximum Gasteiger partial charge on any atom is 0.251 e. The summed E-state index contributed by atoms with van der Waals surface area (Å²) >= 11 is 6.05. The van der Waals surface area contributed by atoms with Crippen molar-refractivity contribution in [2.45, 2.75) is 44.4 Å². The number of hydrogen-bond donors (Lipinski definition) is 1. The lowest BCUT2D eigenvalue weighted by molar-refractivity contribution is -0.116. The molecule has 146 valence electrons. The van der Waals surface area contributed by atoms with Crippen LogP contribution in [-0.4, -0.2) is 24.9 Å². The molecule has 2 aromatic rings. The maximum absolute atomic E-state index is 12.8. The molecular weight excluding hydrogens is 372 g/mol. The number of carbonyl (C=O) groups is 2. The first-order valence-electron chi connectivity index (χ1n) is 9.94. The van der Waals surface area contributed by atoms with Crippen LogP contribution in [0.2, 0.25) is 5.02 Å². The lowest BCUT2D eigenvalue weighted by Gasteiger charge is -2.30. The molecule has 5 heteroatoms. The van der Waals surface area contributed by atoms with Gasteiger partial charge in [0.15, 0.2) is 0 Å². The van der Waals surface area contributed by atoms with Crippen molar-refractivity contribution in [3.8, 4) is 0 Å². The van der Waals surface area contributed by atoms with E-state index in [1.54, 1.807) is 11.8 Å². The molecule has 0 atom stereocenters. The zero-order chi connectivity index (χ0) is 19.7. The van der Waals surface area contributed by atoms with Crippen molar-refractivity contribution in [3.05, 3.63) is 64.2 Å². The Bertz CT molecular complexity index is 901. The van der Waals surface area contributed by atoms with Crippen LogP contribution in [-0.2, 0) is 16.6 Å². The van der Waals surface area contributed by atoms with Crippen LogP contribution < -0.4 is 10.2 Å². The summed E-state index contributed by atoms with van der Waals surface area (Å²) in [7, 11) is 0. The highest BCUT2D eigenvalue weighted by molar-refractivity contribution is 6.30. The Morgan fingerprint density at radius 3 is 2.50 bits per heavy atom. The summed E-state index contributed by atoms with van der Waals surface area (Å²) in [4.78, 5) is 26.3. The number of carbonyl (C=O) groups excluding carboxylic acids is 2. The minimum absolute atomic E-state index is 0.0115. The van der Waals surface area contributed by atoms with Crippen LogP contribution in [0.15, 0.2) is 42.5 Å². The normalized spacial score (nSPS) is 17.4. The third-order valence-corrected chi connectivity index (χ3v) is 6.47. The molecule has 1 aliphatic heterocycles. The van der Waals surface area contributed by atoms with Crippen LogP contribution >= 0.6 is 11.6 Å². The van der Waals surface area contributed by atoms with E-state index in [2.05, 4.69) is 17.4 Å². The van der Waals surface area contributed by atoms with Gasteiger partial charge in [-0.2, -0.15) is 0 Å². The van der Waals surface area contributed by atoms with Crippen molar-refractivity contribution in [1.82, 2.24) is 5.32 Å². The molecule has 4 rings (SSSR count). The highest BCUT2D eigenvalue weighted by Crippen LogP contribution is 2.41. The molecule has 4 nitrogen and oxygen atoms in total. The Balaban J connectivity index is 1.49. The molecule has 28 heavy (non-hydrogen) atoms. The summed E-state index contributed by atoms with van der Waals surface area (Å²) in [5.74, 6) is -0.00796. The number of amides is 2. The number of nitrogens with zero attached hydrogens (tertiary/aromatic N) is 1. The molecule has 1 aliphatic carbocycles. The van der Waals surface area contributed by atoms with Crippen molar-refractivity contribution in [2.75, 3.05) is 18.0 Å². The number of rotatable bonds is 4. The van der Waals surface area contributed by atoms with Crippen molar-refractivity contribution in [1.29, 1.82) is 0 Å². The molecule has 2 aliphatic rings. The second kappa shape index (κ2) is 7.59. The third-order valence-electron chi connectivity index (χ3n) is 6.22. The Morgan fingerprint density at radius 1 is 1.11 bits per heavy atom. The molecule has 0 spiro atoms. The van der Waals surface area contributed by atoms with Crippen LogP contribution in [0.4, 0.5) is 5.69 Å². The fraction of sp³-hybridized carbons (Fsp3) is 0.391. The van der Waals surface area contributed by atoms with E-state index in [0.717, 1.165) is 35.5 Å². The Kier molecular flexibility index (Phi) is 5.15. The van der Waals surface area contributed by atoms with Crippen LogP contribution in [0.1, 0.15) is 54.1 Å². The van der Waals surface area contributed by atoms with E-state index >= 15 is 0 Å². The van der Waals surface area contributed by atoms with Gasteiger partial charge in [0.1, 0.15) is 0 Å². The van der Waals surface area contributed by atoms with E-state index in [0.29, 0.717) is 18.7 Å². The van der Waals surface area contributed by atoms with E-state index in [4.69, 9.17) is 11.6 Å². The van der Waals surface area contributed by atoms with Crippen molar-refractivity contribution in [2.24, 2.45) is 0 Å². The van der Waals surface area contributed by atoms with Gasteiger partial charge in [-0.25, -0.2) is 0 Å². The van der Waals surface area contributed by atoms with E-state index in [1.165, 1.54) is 18.4 Å². The van der Waals surface area contributed by atoms with Gasteiger partial charge in [0.2, 0.25) is 5.91 Å². The minimum atomic E-state index is -0.0516. The summed E-state index contributed by atoms with van der Waals surface area (Å²) in [6.07, 6.45) is 5.31. The van der Waals surface area contributed by atoms with Gasteiger partial charge in [-0.05, 0) is 60.7 Å². The molecule has 0 aromatic heterocycles. The van der Waals surface area contributed by atoms with Gasteiger partial charge in [0.05, 0.1) is 0 Å². The summed E-state index contributed by atoms with van der Waals surface area (Å²) in [6.45, 7) is 2.90. The highest BCUT2D eigenvalue weighted by Gasteiger charge is 2.36. The lowest BCUT2D eigenvalue weighted by Crippen LogP contribution is -2.39. The van der Waals surface area contributed by atoms with Gasteiger partial charge < -0.3 is 10.2 Å². The molecule has 1 fully saturated rings. The summed E-state index contributed by atoms with van der Waals surface area (Å²) in [6, 6.07) is 13.7. The van der Waals surface area contributed by atoms with Gasteiger partial charge in [0, 0.05) is 41.7 Å². The topological polar surface area (TPSA) is 49.4 Å². The van der Waals surface area contributed by atoms with Gasteiger partial charge >= 0.3 is 0 Å². The van der Waals surface area contributed by atoms with Crippen LogP contribution in [0.3, 0.4) is 0 Å². The summed E-state index contributed by atoms with van der Waals surface area (Å²) in [5, 5.41) is 3.90. The Hall–Kier alpha value is -2.33. The number of anilines is 1. The Labute approximate surface area is 170 Å². The number of benzene rings is 2. The van der Waals surface area contributed by atoms with Crippen molar-refractivity contribution >= 4 is 29.1 Å². The minimum Gasteiger partial charge on any atom is -0.351 e. The monoisotopic (exact) mass is 396 g/mol. The second-order valence-electron chi connectivity index (χ2n) is 7.94. The van der Waals surface area contributed by atoms with Crippen LogP contribution in [0.5, 0.6) is 0 Å². The zero-order valence-corrected chi connectivity index (χ0v) is 16.9. The van der Waals surface area contributed by atoms with Crippen LogP contribution in [0, 0.1) is 0 Å². The third kappa shape index (κ3) is 3.53. The average Bonchev–Trinajstić information content (AvgIpc) is 3.34. The molecule has 0 saturated heterocycles. The van der Waals surface area contributed by atoms with Crippen LogP contribution in [0.25, 0.3) is 0 Å². The average molecular weight is 397 g/mol. The first-order chi connectivity index (χ1) is 13.5. The molecule has 2 amide bonds. The standard InChI is InChI=1S/C23H25ClN2O2/c1-16(27)26-13-10-17-14-18(4-9-21(17)26)22(28)25-15-23(11-2-3-12-23)19-5-7-20(24)8-6-19/h4-9,14H,2-3,10-13,15H2,1H3,(H,25,28). The van der Waals surface area contributed by atoms with E-state index in [9.17, 15) is 9.59 Å². The number of fused-ring (bicyclic) bond motifs is 1. The van der Waals surface area contributed by atoms with E-state index in [1.807, 2.05) is 30.3 Å². The van der Waals surface area contributed by atoms with E-state index in [-0.39, 0.29) is 17.2 Å². The summed E-state index contributed by atoms with van der Waals surface area (Å²) in [5.41, 5.74) is 3.89.